The van der Waals surface area contributed by atoms with Crippen molar-refractivity contribution in [1.29, 1.82) is 0 Å². The van der Waals surface area contributed by atoms with Crippen LogP contribution in [0.25, 0.3) is 0 Å². The molecule has 1 aromatic carbocycles. The molecule has 0 fully saturated rings. The molecule has 2 rings (SSSR count). The van der Waals surface area contributed by atoms with E-state index in [1.54, 1.807) is 35.4 Å². The van der Waals surface area contributed by atoms with Crippen LogP contribution < -0.4 is 0 Å². The van der Waals surface area contributed by atoms with Crippen molar-refractivity contribution in [2.24, 2.45) is 0 Å². The smallest absolute Gasteiger partial charge is 0.227 e. The van der Waals surface area contributed by atoms with E-state index in [1.165, 1.54) is 12.1 Å². The molecular weight excluding hydrogens is 329 g/mol. The SMILES string of the molecule is CN(Cc1cc(Br)cs1)C(=O)Cc1ccc(F)cc1. The second-order valence-electron chi connectivity index (χ2n) is 4.28. The Balaban J connectivity index is 1.94. The number of nitrogens with zero attached hydrogens (tertiary/aromatic N) is 1. The third-order valence-electron chi connectivity index (χ3n) is 2.71. The van der Waals surface area contributed by atoms with Gasteiger partial charge in [-0.1, -0.05) is 12.1 Å². The van der Waals surface area contributed by atoms with Crippen LogP contribution >= 0.6 is 27.3 Å². The minimum atomic E-state index is -0.284. The first-order valence-corrected chi connectivity index (χ1v) is 7.43. The van der Waals surface area contributed by atoms with E-state index < -0.39 is 0 Å². The van der Waals surface area contributed by atoms with Gasteiger partial charge in [0.05, 0.1) is 13.0 Å². The maximum absolute atomic E-state index is 12.8. The Morgan fingerprint density at radius 2 is 2.05 bits per heavy atom. The Morgan fingerprint density at radius 3 is 2.63 bits per heavy atom. The molecule has 0 aliphatic heterocycles. The Morgan fingerprint density at radius 1 is 1.37 bits per heavy atom. The molecule has 2 aromatic rings. The first-order valence-electron chi connectivity index (χ1n) is 5.76. The third-order valence-corrected chi connectivity index (χ3v) is 4.39. The molecule has 0 atom stereocenters. The molecule has 0 radical (unpaired) electrons. The molecule has 0 unspecified atom stereocenters. The lowest BCUT2D eigenvalue weighted by Gasteiger charge is -2.16. The van der Waals surface area contributed by atoms with Gasteiger partial charge in [0.1, 0.15) is 5.82 Å². The highest BCUT2D eigenvalue weighted by atomic mass is 79.9. The number of carbonyl (C=O) groups excluding carboxylic acids is 1. The van der Waals surface area contributed by atoms with E-state index in [9.17, 15) is 9.18 Å². The number of rotatable bonds is 4. The zero-order valence-electron chi connectivity index (χ0n) is 10.4. The summed E-state index contributed by atoms with van der Waals surface area (Å²) in [4.78, 5) is 14.8. The van der Waals surface area contributed by atoms with Crippen LogP contribution in [0.4, 0.5) is 4.39 Å². The van der Waals surface area contributed by atoms with E-state index in [2.05, 4.69) is 15.9 Å². The molecule has 0 N–H and O–H groups in total. The summed E-state index contributed by atoms with van der Waals surface area (Å²) in [6, 6.07) is 8.04. The van der Waals surface area contributed by atoms with E-state index in [0.717, 1.165) is 14.9 Å². The number of thiophene rings is 1. The molecule has 100 valence electrons. The van der Waals surface area contributed by atoms with Crippen molar-refractivity contribution in [3.05, 3.63) is 56.4 Å². The lowest BCUT2D eigenvalue weighted by Crippen LogP contribution is -2.27. The summed E-state index contributed by atoms with van der Waals surface area (Å²) >= 11 is 5.00. The second kappa shape index (κ2) is 6.30. The molecule has 2 nitrogen and oxygen atoms in total. The summed E-state index contributed by atoms with van der Waals surface area (Å²) in [7, 11) is 1.78. The average Bonchev–Trinajstić information content (AvgIpc) is 2.77. The first-order chi connectivity index (χ1) is 9.04. The van der Waals surface area contributed by atoms with E-state index >= 15 is 0 Å². The molecule has 1 heterocycles. The molecule has 0 aliphatic carbocycles. The number of carbonyl (C=O) groups is 1. The topological polar surface area (TPSA) is 20.3 Å². The summed E-state index contributed by atoms with van der Waals surface area (Å²) in [5, 5.41) is 1.99. The molecule has 0 saturated heterocycles. The van der Waals surface area contributed by atoms with Gasteiger partial charge in [0.25, 0.3) is 0 Å². The summed E-state index contributed by atoms with van der Waals surface area (Å²) in [5.41, 5.74) is 0.825. The highest BCUT2D eigenvalue weighted by Crippen LogP contribution is 2.21. The van der Waals surface area contributed by atoms with Crippen molar-refractivity contribution in [1.82, 2.24) is 4.90 Å². The van der Waals surface area contributed by atoms with Gasteiger partial charge >= 0.3 is 0 Å². The fraction of sp³-hybridized carbons (Fsp3) is 0.214. The largest absolute Gasteiger partial charge is 0.340 e. The molecule has 0 spiro atoms. The normalized spacial score (nSPS) is 10.5. The molecule has 0 saturated carbocycles. The van der Waals surface area contributed by atoms with Gasteiger partial charge in [0.15, 0.2) is 0 Å². The Hall–Kier alpha value is -1.20. The second-order valence-corrected chi connectivity index (χ2v) is 6.20. The van der Waals surface area contributed by atoms with Crippen LogP contribution in [-0.4, -0.2) is 17.9 Å². The average molecular weight is 342 g/mol. The molecule has 0 bridgehead atoms. The van der Waals surface area contributed by atoms with Crippen molar-refractivity contribution in [3.63, 3.8) is 0 Å². The Kier molecular flexibility index (Phi) is 4.71. The van der Waals surface area contributed by atoms with Crippen molar-refractivity contribution < 1.29 is 9.18 Å². The molecule has 5 heteroatoms. The number of hydrogen-bond donors (Lipinski definition) is 0. The van der Waals surface area contributed by atoms with Gasteiger partial charge in [-0.05, 0) is 39.7 Å². The summed E-state index contributed by atoms with van der Waals surface area (Å²) in [6.45, 7) is 0.594. The zero-order chi connectivity index (χ0) is 13.8. The fourth-order valence-corrected chi connectivity index (χ4v) is 3.17. The minimum absolute atomic E-state index is 0.0242. The van der Waals surface area contributed by atoms with Crippen LogP contribution in [0.2, 0.25) is 0 Å². The lowest BCUT2D eigenvalue weighted by molar-refractivity contribution is -0.129. The molecule has 19 heavy (non-hydrogen) atoms. The van der Waals surface area contributed by atoms with E-state index in [-0.39, 0.29) is 11.7 Å². The number of likely N-dealkylation sites (N-methyl/N-ethyl adjacent to an activating group) is 1. The van der Waals surface area contributed by atoms with E-state index in [4.69, 9.17) is 0 Å². The predicted molar refractivity (Wildman–Crippen MR) is 78.6 cm³/mol. The van der Waals surface area contributed by atoms with Crippen LogP contribution in [0.5, 0.6) is 0 Å². The van der Waals surface area contributed by atoms with Crippen molar-refractivity contribution >= 4 is 33.2 Å². The standard InChI is InChI=1S/C14H13BrFNOS/c1-17(8-13-7-11(15)9-19-13)14(18)6-10-2-4-12(16)5-3-10/h2-5,7,9H,6,8H2,1H3. The molecule has 0 aliphatic rings. The quantitative estimate of drug-likeness (QED) is 0.827. The Bertz CT molecular complexity index is 567. The molecule has 1 aromatic heterocycles. The number of hydrogen-bond acceptors (Lipinski definition) is 2. The van der Waals surface area contributed by atoms with Gasteiger partial charge in [-0.25, -0.2) is 4.39 Å². The number of halogens is 2. The van der Waals surface area contributed by atoms with Gasteiger partial charge in [0, 0.05) is 21.8 Å². The summed E-state index contributed by atoms with van der Waals surface area (Å²) in [6.07, 6.45) is 0.295. The van der Waals surface area contributed by atoms with Gasteiger partial charge < -0.3 is 4.90 Å². The van der Waals surface area contributed by atoms with Crippen LogP contribution in [0.1, 0.15) is 10.4 Å². The summed E-state index contributed by atoms with van der Waals surface area (Å²) < 4.78 is 13.8. The fourth-order valence-electron chi connectivity index (χ4n) is 1.67. The maximum atomic E-state index is 12.8. The zero-order valence-corrected chi connectivity index (χ0v) is 12.8. The van der Waals surface area contributed by atoms with E-state index in [0.29, 0.717) is 13.0 Å². The van der Waals surface area contributed by atoms with Crippen molar-refractivity contribution in [3.8, 4) is 0 Å². The minimum Gasteiger partial charge on any atom is -0.340 e. The van der Waals surface area contributed by atoms with Crippen molar-refractivity contribution in [2.45, 2.75) is 13.0 Å². The van der Waals surface area contributed by atoms with Crippen molar-refractivity contribution in [2.75, 3.05) is 7.05 Å². The Labute approximate surface area is 124 Å². The maximum Gasteiger partial charge on any atom is 0.227 e. The lowest BCUT2D eigenvalue weighted by atomic mass is 10.1. The highest BCUT2D eigenvalue weighted by molar-refractivity contribution is 9.10. The van der Waals surface area contributed by atoms with Gasteiger partial charge in [-0.15, -0.1) is 11.3 Å². The van der Waals surface area contributed by atoms with Gasteiger partial charge in [0.2, 0.25) is 5.91 Å². The van der Waals surface area contributed by atoms with Crippen LogP contribution in [0, 0.1) is 5.82 Å². The van der Waals surface area contributed by atoms with E-state index in [1.807, 2.05) is 11.4 Å². The number of benzene rings is 1. The molecular formula is C14H13BrFNOS. The highest BCUT2D eigenvalue weighted by Gasteiger charge is 2.11. The summed E-state index contributed by atoms with van der Waals surface area (Å²) in [5.74, 6) is -0.260. The first kappa shape index (κ1) is 14.2. The third kappa shape index (κ3) is 4.14. The van der Waals surface area contributed by atoms with Crippen LogP contribution in [0.15, 0.2) is 40.2 Å². The van der Waals surface area contributed by atoms with Crippen LogP contribution in [0.3, 0.4) is 0 Å². The molecule has 1 amide bonds. The number of amides is 1. The van der Waals surface area contributed by atoms with Crippen LogP contribution in [-0.2, 0) is 17.8 Å². The van der Waals surface area contributed by atoms with Gasteiger partial charge in [-0.2, -0.15) is 0 Å². The monoisotopic (exact) mass is 341 g/mol. The predicted octanol–water partition coefficient (Wildman–Crippen LogP) is 3.85. The van der Waals surface area contributed by atoms with Gasteiger partial charge in [-0.3, -0.25) is 4.79 Å².